The summed E-state index contributed by atoms with van der Waals surface area (Å²) in [6, 6.07) is 7.69. The Hall–Kier alpha value is -2.04. The van der Waals surface area contributed by atoms with Gasteiger partial charge < -0.3 is 15.5 Å². The summed E-state index contributed by atoms with van der Waals surface area (Å²) in [5.74, 6) is 1.84. The second kappa shape index (κ2) is 8.56. The van der Waals surface area contributed by atoms with Crippen LogP contribution in [0.15, 0.2) is 29.3 Å². The Morgan fingerprint density at radius 2 is 1.91 bits per heavy atom. The number of nitrogens with zero attached hydrogens (tertiary/aromatic N) is 2. The lowest BCUT2D eigenvalue weighted by molar-refractivity contribution is 0.0827. The van der Waals surface area contributed by atoms with Crippen LogP contribution in [0.4, 0.5) is 0 Å². The Kier molecular flexibility index (Phi) is 6.44. The van der Waals surface area contributed by atoms with E-state index in [1.807, 2.05) is 24.3 Å². The highest BCUT2D eigenvalue weighted by Gasteiger charge is 2.19. The van der Waals surface area contributed by atoms with Crippen LogP contribution in [0.5, 0.6) is 0 Å². The van der Waals surface area contributed by atoms with Gasteiger partial charge in [-0.1, -0.05) is 25.0 Å². The topological polar surface area (TPSA) is 56.7 Å². The van der Waals surface area contributed by atoms with E-state index >= 15 is 0 Å². The van der Waals surface area contributed by atoms with Crippen LogP contribution in [0.1, 0.15) is 41.6 Å². The molecule has 0 radical (unpaired) electrons. The minimum absolute atomic E-state index is 0.0256. The monoisotopic (exact) mass is 316 g/mol. The molecule has 0 saturated heterocycles. The normalized spacial score (nSPS) is 14.5. The van der Waals surface area contributed by atoms with Gasteiger partial charge in [0, 0.05) is 39.8 Å². The molecule has 0 bridgehead atoms. The molecule has 0 heterocycles. The number of aliphatic imine (C=N–C) groups is 1. The number of guanidine groups is 1. The lowest BCUT2D eigenvalue weighted by Gasteiger charge is -2.13. The number of rotatable bonds is 7. The Labute approximate surface area is 139 Å². The summed E-state index contributed by atoms with van der Waals surface area (Å²) in [6.07, 6.45) is 5.36. The molecule has 0 atom stereocenters. The molecule has 126 valence electrons. The van der Waals surface area contributed by atoms with Gasteiger partial charge in [-0.05, 0) is 36.5 Å². The maximum Gasteiger partial charge on any atom is 0.253 e. The molecule has 1 fully saturated rings. The molecular formula is C18H28N4O. The van der Waals surface area contributed by atoms with Gasteiger partial charge in [-0.25, -0.2) is 0 Å². The summed E-state index contributed by atoms with van der Waals surface area (Å²) >= 11 is 0. The highest BCUT2D eigenvalue weighted by molar-refractivity contribution is 5.93. The Morgan fingerprint density at radius 1 is 1.22 bits per heavy atom. The standard InChI is InChI=1S/C18H28N4O/c1-19-18(20-12-4-5-14-6-7-14)21-13-15-8-10-16(11-9-15)17(23)22(2)3/h8-11,14H,4-7,12-13H2,1-3H3,(H2,19,20,21). The molecule has 5 heteroatoms. The van der Waals surface area contributed by atoms with Crippen molar-refractivity contribution in [3.63, 3.8) is 0 Å². The molecule has 2 rings (SSSR count). The maximum absolute atomic E-state index is 11.8. The fraction of sp³-hybridized carbons (Fsp3) is 0.556. The SMILES string of the molecule is CN=C(NCCCC1CC1)NCc1ccc(C(=O)N(C)C)cc1. The maximum atomic E-state index is 11.8. The van der Waals surface area contributed by atoms with Crippen molar-refractivity contribution < 1.29 is 4.79 Å². The van der Waals surface area contributed by atoms with Gasteiger partial charge in [0.25, 0.3) is 5.91 Å². The van der Waals surface area contributed by atoms with Gasteiger partial charge in [-0.15, -0.1) is 0 Å². The molecule has 1 aromatic rings. The summed E-state index contributed by atoms with van der Waals surface area (Å²) in [4.78, 5) is 17.7. The Balaban J connectivity index is 1.73. The third-order valence-corrected chi connectivity index (χ3v) is 4.07. The van der Waals surface area contributed by atoms with Crippen molar-refractivity contribution >= 4 is 11.9 Å². The predicted molar refractivity (Wildman–Crippen MR) is 94.6 cm³/mol. The van der Waals surface area contributed by atoms with E-state index in [1.54, 1.807) is 26.0 Å². The fourth-order valence-electron chi connectivity index (χ4n) is 2.43. The zero-order valence-corrected chi connectivity index (χ0v) is 14.4. The van der Waals surface area contributed by atoms with Gasteiger partial charge in [0.05, 0.1) is 0 Å². The summed E-state index contributed by atoms with van der Waals surface area (Å²) < 4.78 is 0. The first kappa shape index (κ1) is 17.3. The van der Waals surface area contributed by atoms with Crippen molar-refractivity contribution in [1.29, 1.82) is 0 Å². The molecule has 23 heavy (non-hydrogen) atoms. The highest BCUT2D eigenvalue weighted by atomic mass is 16.2. The second-order valence-corrected chi connectivity index (χ2v) is 6.33. The molecule has 1 amide bonds. The van der Waals surface area contributed by atoms with E-state index in [1.165, 1.54) is 25.7 Å². The summed E-state index contributed by atoms with van der Waals surface area (Å²) in [5, 5.41) is 6.65. The van der Waals surface area contributed by atoms with Crippen molar-refractivity contribution in [3.05, 3.63) is 35.4 Å². The molecule has 2 N–H and O–H groups in total. The van der Waals surface area contributed by atoms with Gasteiger partial charge >= 0.3 is 0 Å². The van der Waals surface area contributed by atoms with Crippen LogP contribution >= 0.6 is 0 Å². The van der Waals surface area contributed by atoms with Gasteiger partial charge in [-0.2, -0.15) is 0 Å². The number of benzene rings is 1. The first-order chi connectivity index (χ1) is 11.1. The molecule has 0 spiro atoms. The highest BCUT2D eigenvalue weighted by Crippen LogP contribution is 2.33. The quantitative estimate of drug-likeness (QED) is 0.461. The minimum atomic E-state index is 0.0256. The molecule has 0 aliphatic heterocycles. The fourth-order valence-corrected chi connectivity index (χ4v) is 2.43. The van der Waals surface area contributed by atoms with Crippen LogP contribution < -0.4 is 10.6 Å². The first-order valence-corrected chi connectivity index (χ1v) is 8.35. The van der Waals surface area contributed by atoms with Crippen LogP contribution in [0, 0.1) is 5.92 Å². The zero-order valence-electron chi connectivity index (χ0n) is 14.4. The van der Waals surface area contributed by atoms with E-state index in [0.29, 0.717) is 12.1 Å². The molecule has 0 aromatic heterocycles. The average molecular weight is 316 g/mol. The minimum Gasteiger partial charge on any atom is -0.356 e. The third kappa shape index (κ3) is 5.93. The number of hydrogen-bond donors (Lipinski definition) is 2. The summed E-state index contributed by atoms with van der Waals surface area (Å²) in [7, 11) is 5.31. The largest absolute Gasteiger partial charge is 0.356 e. The van der Waals surface area contributed by atoms with Gasteiger partial charge in [0.2, 0.25) is 0 Å². The predicted octanol–water partition coefficient (Wildman–Crippen LogP) is 2.24. The van der Waals surface area contributed by atoms with Crippen LogP contribution in [0.3, 0.4) is 0 Å². The van der Waals surface area contributed by atoms with Crippen LogP contribution in [-0.4, -0.2) is 44.5 Å². The zero-order chi connectivity index (χ0) is 16.7. The third-order valence-electron chi connectivity index (χ3n) is 4.07. The first-order valence-electron chi connectivity index (χ1n) is 8.35. The lowest BCUT2D eigenvalue weighted by atomic mass is 10.1. The second-order valence-electron chi connectivity index (χ2n) is 6.33. The van der Waals surface area contributed by atoms with E-state index < -0.39 is 0 Å². The van der Waals surface area contributed by atoms with Crippen molar-refractivity contribution in [1.82, 2.24) is 15.5 Å². The molecule has 1 saturated carbocycles. The van der Waals surface area contributed by atoms with Crippen LogP contribution in [0.2, 0.25) is 0 Å². The average Bonchev–Trinajstić information content (AvgIpc) is 3.38. The molecule has 1 aliphatic rings. The van der Waals surface area contributed by atoms with Crippen molar-refractivity contribution in [2.45, 2.75) is 32.2 Å². The molecule has 0 unspecified atom stereocenters. The molecular weight excluding hydrogens is 288 g/mol. The number of carbonyl (C=O) groups excluding carboxylic acids is 1. The molecule has 1 aromatic carbocycles. The smallest absolute Gasteiger partial charge is 0.253 e. The molecule has 1 aliphatic carbocycles. The van der Waals surface area contributed by atoms with Crippen molar-refractivity contribution in [2.75, 3.05) is 27.7 Å². The van der Waals surface area contributed by atoms with Crippen LogP contribution in [0.25, 0.3) is 0 Å². The molecule has 5 nitrogen and oxygen atoms in total. The van der Waals surface area contributed by atoms with E-state index in [9.17, 15) is 4.79 Å². The number of hydrogen-bond acceptors (Lipinski definition) is 2. The van der Waals surface area contributed by atoms with E-state index in [0.717, 1.165) is 24.0 Å². The summed E-state index contributed by atoms with van der Waals surface area (Å²) in [5.41, 5.74) is 1.84. The van der Waals surface area contributed by atoms with Crippen molar-refractivity contribution in [3.8, 4) is 0 Å². The number of amides is 1. The Morgan fingerprint density at radius 3 is 2.48 bits per heavy atom. The Bertz CT molecular complexity index is 532. The summed E-state index contributed by atoms with van der Waals surface area (Å²) in [6.45, 7) is 1.66. The lowest BCUT2D eigenvalue weighted by Crippen LogP contribution is -2.37. The van der Waals surface area contributed by atoms with Gasteiger partial charge in [-0.3, -0.25) is 9.79 Å². The van der Waals surface area contributed by atoms with Gasteiger partial charge in [0.15, 0.2) is 5.96 Å². The van der Waals surface area contributed by atoms with E-state index in [2.05, 4.69) is 15.6 Å². The van der Waals surface area contributed by atoms with E-state index in [4.69, 9.17) is 0 Å². The number of nitrogens with one attached hydrogen (secondary N) is 2. The number of carbonyl (C=O) groups is 1. The van der Waals surface area contributed by atoms with Gasteiger partial charge in [0.1, 0.15) is 0 Å². The van der Waals surface area contributed by atoms with Crippen LogP contribution in [-0.2, 0) is 6.54 Å². The van der Waals surface area contributed by atoms with E-state index in [-0.39, 0.29) is 5.91 Å². The van der Waals surface area contributed by atoms with Crippen molar-refractivity contribution in [2.24, 2.45) is 10.9 Å².